The smallest absolute Gasteiger partial charge is 0.137 e. The largest absolute Gasteiger partial charge is 0.319 e. The Bertz CT molecular complexity index is 755. The molecule has 0 radical (unpaired) electrons. The van der Waals surface area contributed by atoms with Crippen molar-refractivity contribution in [1.29, 1.82) is 0 Å². The van der Waals surface area contributed by atoms with E-state index in [4.69, 9.17) is 5.73 Å². The van der Waals surface area contributed by atoms with Gasteiger partial charge in [0.1, 0.15) is 5.82 Å². The summed E-state index contributed by atoms with van der Waals surface area (Å²) in [6.45, 7) is 0. The minimum Gasteiger partial charge on any atom is -0.319 e. The molecule has 21 heavy (non-hydrogen) atoms. The van der Waals surface area contributed by atoms with Crippen LogP contribution >= 0.6 is 15.9 Å². The molecule has 0 spiro atoms. The predicted molar refractivity (Wildman–Crippen MR) is 83.7 cm³/mol. The van der Waals surface area contributed by atoms with Gasteiger partial charge in [0.15, 0.2) is 0 Å². The van der Waals surface area contributed by atoms with E-state index in [1.807, 2.05) is 34.9 Å². The number of rotatable bonds is 3. The summed E-state index contributed by atoms with van der Waals surface area (Å²) in [6, 6.07) is 14.3. The molecule has 3 aromatic rings. The first-order valence-corrected chi connectivity index (χ1v) is 7.24. The molecule has 0 saturated heterocycles. The Hall–Kier alpha value is -1.98. The summed E-state index contributed by atoms with van der Waals surface area (Å²) in [7, 11) is 0. The molecule has 5 heteroatoms. The second-order valence-electron chi connectivity index (χ2n) is 4.68. The van der Waals surface area contributed by atoms with Gasteiger partial charge in [0.05, 0.1) is 28.7 Å². The van der Waals surface area contributed by atoms with Crippen LogP contribution in [0.25, 0.3) is 5.69 Å². The van der Waals surface area contributed by atoms with E-state index in [-0.39, 0.29) is 11.9 Å². The molecule has 1 heterocycles. The molecule has 1 atom stereocenters. The minimum absolute atomic E-state index is 0.294. The number of nitrogens with zero attached hydrogens (tertiary/aromatic N) is 2. The highest BCUT2D eigenvalue weighted by molar-refractivity contribution is 9.10. The van der Waals surface area contributed by atoms with Crippen LogP contribution in [0.2, 0.25) is 0 Å². The Labute approximate surface area is 130 Å². The average molecular weight is 346 g/mol. The predicted octanol–water partition coefficient (Wildman–Crippen LogP) is 3.82. The second kappa shape index (κ2) is 5.79. The van der Waals surface area contributed by atoms with Crippen LogP contribution in [-0.4, -0.2) is 9.55 Å². The summed E-state index contributed by atoms with van der Waals surface area (Å²) < 4.78 is 15.6. The first-order chi connectivity index (χ1) is 10.2. The molecule has 0 bridgehead atoms. The maximum atomic E-state index is 13.4. The third-order valence-corrected chi connectivity index (χ3v) is 3.93. The molecule has 3 rings (SSSR count). The molecule has 0 aliphatic rings. The number of nitrogens with two attached hydrogens (primary N) is 1. The van der Waals surface area contributed by atoms with E-state index in [1.54, 1.807) is 24.7 Å². The van der Waals surface area contributed by atoms with Gasteiger partial charge in [-0.25, -0.2) is 9.37 Å². The van der Waals surface area contributed by atoms with E-state index in [0.29, 0.717) is 4.47 Å². The van der Waals surface area contributed by atoms with Crippen LogP contribution < -0.4 is 5.73 Å². The van der Waals surface area contributed by atoms with Gasteiger partial charge >= 0.3 is 0 Å². The highest BCUT2D eigenvalue weighted by atomic mass is 79.9. The van der Waals surface area contributed by atoms with Gasteiger partial charge in [0, 0.05) is 5.69 Å². The van der Waals surface area contributed by atoms with Crippen molar-refractivity contribution < 1.29 is 4.39 Å². The number of hydrogen-bond acceptors (Lipinski definition) is 2. The maximum Gasteiger partial charge on any atom is 0.137 e. The Balaban J connectivity index is 2.03. The van der Waals surface area contributed by atoms with Crippen molar-refractivity contribution in [1.82, 2.24) is 9.55 Å². The third-order valence-electron chi connectivity index (χ3n) is 3.33. The Morgan fingerprint density at radius 1 is 1.14 bits per heavy atom. The van der Waals surface area contributed by atoms with Gasteiger partial charge < -0.3 is 10.3 Å². The fraction of sp³-hybridized carbons (Fsp3) is 0.0625. The van der Waals surface area contributed by atoms with Crippen molar-refractivity contribution in [2.45, 2.75) is 6.04 Å². The zero-order chi connectivity index (χ0) is 14.8. The van der Waals surface area contributed by atoms with Gasteiger partial charge in [-0.15, -0.1) is 0 Å². The van der Waals surface area contributed by atoms with Gasteiger partial charge in [-0.2, -0.15) is 0 Å². The van der Waals surface area contributed by atoms with Gasteiger partial charge in [-0.05, 0) is 39.7 Å². The standard InChI is InChI=1S/C16H13BrFN3/c17-13-8-12(6-7-14(13)18)21-10-20-9-15(21)16(19)11-4-2-1-3-5-11/h1-10,16H,19H2. The van der Waals surface area contributed by atoms with Gasteiger partial charge in [0.25, 0.3) is 0 Å². The number of benzene rings is 2. The van der Waals surface area contributed by atoms with E-state index in [2.05, 4.69) is 20.9 Å². The minimum atomic E-state index is -0.298. The molecular weight excluding hydrogens is 333 g/mol. The van der Waals surface area contributed by atoms with E-state index in [9.17, 15) is 4.39 Å². The van der Waals surface area contributed by atoms with Crippen LogP contribution in [0, 0.1) is 5.82 Å². The van der Waals surface area contributed by atoms with Crippen molar-refractivity contribution in [3.63, 3.8) is 0 Å². The lowest BCUT2D eigenvalue weighted by Crippen LogP contribution is -2.15. The lowest BCUT2D eigenvalue weighted by atomic mass is 10.1. The molecule has 0 aliphatic carbocycles. The quantitative estimate of drug-likeness (QED) is 0.784. The van der Waals surface area contributed by atoms with E-state index < -0.39 is 0 Å². The average Bonchev–Trinajstić information content (AvgIpc) is 2.99. The van der Waals surface area contributed by atoms with Crippen LogP contribution in [0.15, 0.2) is 65.5 Å². The summed E-state index contributed by atoms with van der Waals surface area (Å²) in [5.41, 5.74) is 8.98. The lowest BCUT2D eigenvalue weighted by molar-refractivity contribution is 0.620. The Morgan fingerprint density at radius 3 is 2.62 bits per heavy atom. The lowest BCUT2D eigenvalue weighted by Gasteiger charge is -2.15. The fourth-order valence-electron chi connectivity index (χ4n) is 2.22. The van der Waals surface area contributed by atoms with Gasteiger partial charge in [-0.3, -0.25) is 0 Å². The second-order valence-corrected chi connectivity index (χ2v) is 5.53. The summed E-state index contributed by atoms with van der Waals surface area (Å²) in [6.07, 6.45) is 3.41. The Morgan fingerprint density at radius 2 is 1.90 bits per heavy atom. The summed E-state index contributed by atoms with van der Waals surface area (Å²) in [4.78, 5) is 4.17. The van der Waals surface area contributed by atoms with Crippen LogP contribution in [-0.2, 0) is 0 Å². The third kappa shape index (κ3) is 2.75. The first-order valence-electron chi connectivity index (χ1n) is 6.45. The van der Waals surface area contributed by atoms with E-state index in [0.717, 1.165) is 16.9 Å². The van der Waals surface area contributed by atoms with Crippen molar-refractivity contribution in [2.75, 3.05) is 0 Å². The molecule has 0 amide bonds. The van der Waals surface area contributed by atoms with Crippen LogP contribution in [0.4, 0.5) is 4.39 Å². The van der Waals surface area contributed by atoms with E-state index >= 15 is 0 Å². The van der Waals surface area contributed by atoms with Gasteiger partial charge in [-0.1, -0.05) is 30.3 Å². The molecule has 3 nitrogen and oxygen atoms in total. The van der Waals surface area contributed by atoms with Crippen LogP contribution in [0.1, 0.15) is 17.3 Å². The Kier molecular flexibility index (Phi) is 3.86. The molecule has 0 fully saturated rings. The number of hydrogen-bond donors (Lipinski definition) is 1. The molecule has 0 saturated carbocycles. The zero-order valence-corrected chi connectivity index (χ0v) is 12.7. The van der Waals surface area contributed by atoms with Crippen molar-refractivity contribution in [3.05, 3.63) is 82.6 Å². The molecule has 2 aromatic carbocycles. The number of halogens is 2. The highest BCUT2D eigenvalue weighted by Gasteiger charge is 2.15. The summed E-state index contributed by atoms with van der Waals surface area (Å²) >= 11 is 3.20. The van der Waals surface area contributed by atoms with Crippen molar-refractivity contribution in [3.8, 4) is 5.69 Å². The highest BCUT2D eigenvalue weighted by Crippen LogP contribution is 2.24. The van der Waals surface area contributed by atoms with Crippen LogP contribution in [0.3, 0.4) is 0 Å². The SMILES string of the molecule is NC(c1ccccc1)c1cncn1-c1ccc(F)c(Br)c1. The van der Waals surface area contributed by atoms with Crippen LogP contribution in [0.5, 0.6) is 0 Å². The summed E-state index contributed by atoms with van der Waals surface area (Å²) in [5.74, 6) is -0.298. The topological polar surface area (TPSA) is 43.8 Å². The molecule has 106 valence electrons. The number of aromatic nitrogens is 2. The molecule has 1 unspecified atom stereocenters. The summed E-state index contributed by atoms with van der Waals surface area (Å²) in [5, 5.41) is 0. The van der Waals surface area contributed by atoms with Crippen molar-refractivity contribution in [2.24, 2.45) is 5.73 Å². The molecule has 1 aromatic heterocycles. The molecular formula is C16H13BrFN3. The zero-order valence-electron chi connectivity index (χ0n) is 11.1. The fourth-order valence-corrected chi connectivity index (χ4v) is 2.58. The monoisotopic (exact) mass is 345 g/mol. The van der Waals surface area contributed by atoms with Crippen molar-refractivity contribution >= 4 is 15.9 Å². The first kappa shape index (κ1) is 14.0. The normalized spacial score (nSPS) is 12.3. The maximum absolute atomic E-state index is 13.4. The van der Waals surface area contributed by atoms with E-state index in [1.165, 1.54) is 6.07 Å². The number of imidazole rings is 1. The van der Waals surface area contributed by atoms with Gasteiger partial charge in [0.2, 0.25) is 0 Å². The molecule has 2 N–H and O–H groups in total. The molecule has 0 aliphatic heterocycles.